The van der Waals surface area contributed by atoms with Gasteiger partial charge in [-0.05, 0) is 18.9 Å². The third kappa shape index (κ3) is 14.4. The molecule has 0 radical (unpaired) electrons. The first-order valence-corrected chi connectivity index (χ1v) is 11.5. The van der Waals surface area contributed by atoms with Crippen molar-refractivity contribution in [2.24, 2.45) is 0 Å². The van der Waals surface area contributed by atoms with E-state index in [9.17, 15) is 4.79 Å². The Hall–Kier alpha value is 0.297. The number of rotatable bonds is 10. The number of esters is 1. The fraction of sp³-hybridized carbons (Fsp3) is 0.750. The van der Waals surface area contributed by atoms with E-state index in [0.29, 0.717) is 0 Å². The average Bonchev–Trinajstić information content (AvgIpc) is 2.29. The standard InChI is InChI=1S/C12H21Cl3O2Si/c1-17-12(16)10-8-6-4-2-3-5-7-9-11-18(13,14)15/h8,10H,2-7,9,11H2,1H3. The van der Waals surface area contributed by atoms with Crippen LogP contribution in [0.2, 0.25) is 6.04 Å². The van der Waals surface area contributed by atoms with Gasteiger partial charge in [0.05, 0.1) is 7.11 Å². The lowest BCUT2D eigenvalue weighted by atomic mass is 10.1. The lowest BCUT2D eigenvalue weighted by Crippen LogP contribution is -2.07. The van der Waals surface area contributed by atoms with Gasteiger partial charge in [-0.3, -0.25) is 0 Å². The number of allylic oxidation sites excluding steroid dienone is 1. The molecule has 2 nitrogen and oxygen atoms in total. The van der Waals surface area contributed by atoms with Crippen LogP contribution in [0.15, 0.2) is 12.2 Å². The maximum atomic E-state index is 10.8. The second-order valence-corrected chi connectivity index (χ2v) is 13.5. The first-order valence-electron chi connectivity index (χ1n) is 6.27. The Morgan fingerprint density at radius 2 is 1.61 bits per heavy atom. The van der Waals surface area contributed by atoms with Crippen LogP contribution in [-0.4, -0.2) is 19.1 Å². The van der Waals surface area contributed by atoms with Crippen molar-refractivity contribution in [2.75, 3.05) is 7.11 Å². The van der Waals surface area contributed by atoms with Gasteiger partial charge < -0.3 is 4.74 Å². The number of ether oxygens (including phenoxy) is 1. The van der Waals surface area contributed by atoms with Crippen molar-refractivity contribution < 1.29 is 9.53 Å². The second kappa shape index (κ2) is 11.2. The Bertz CT molecular complexity index is 252. The van der Waals surface area contributed by atoms with Gasteiger partial charge in [-0.2, -0.15) is 0 Å². The lowest BCUT2D eigenvalue weighted by Gasteiger charge is -2.06. The second-order valence-electron chi connectivity index (χ2n) is 4.20. The molecule has 0 fully saturated rings. The first-order chi connectivity index (χ1) is 8.45. The Labute approximate surface area is 125 Å². The van der Waals surface area contributed by atoms with E-state index in [4.69, 9.17) is 33.2 Å². The van der Waals surface area contributed by atoms with Crippen molar-refractivity contribution in [1.82, 2.24) is 0 Å². The van der Waals surface area contributed by atoms with E-state index in [1.165, 1.54) is 32.4 Å². The number of methoxy groups -OCH3 is 1. The van der Waals surface area contributed by atoms with Crippen LogP contribution in [0.4, 0.5) is 0 Å². The molecule has 0 saturated heterocycles. The van der Waals surface area contributed by atoms with E-state index in [0.717, 1.165) is 31.7 Å². The number of carbonyl (C=O) groups is 1. The molecule has 0 aliphatic heterocycles. The van der Waals surface area contributed by atoms with Crippen molar-refractivity contribution in [3.05, 3.63) is 12.2 Å². The number of hydrogen-bond donors (Lipinski definition) is 0. The molecule has 0 N–H and O–H groups in total. The number of halogens is 3. The summed E-state index contributed by atoms with van der Waals surface area (Å²) in [7, 11) is 1.38. The van der Waals surface area contributed by atoms with Crippen LogP contribution in [0.3, 0.4) is 0 Å². The van der Waals surface area contributed by atoms with Crippen molar-refractivity contribution in [1.29, 1.82) is 0 Å². The van der Waals surface area contributed by atoms with Crippen LogP contribution in [0.25, 0.3) is 0 Å². The normalized spacial score (nSPS) is 12.0. The molecule has 0 aliphatic rings. The summed E-state index contributed by atoms with van der Waals surface area (Å²) >= 11 is 17.4. The molecule has 0 heterocycles. The predicted octanol–water partition coefficient (Wildman–Crippen LogP) is 5.10. The maximum absolute atomic E-state index is 10.8. The molecule has 0 aromatic carbocycles. The minimum absolute atomic E-state index is 0.286. The molecule has 0 aromatic rings. The lowest BCUT2D eigenvalue weighted by molar-refractivity contribution is -0.134. The minimum Gasteiger partial charge on any atom is -0.466 e. The van der Waals surface area contributed by atoms with Gasteiger partial charge in [-0.1, -0.05) is 38.2 Å². The van der Waals surface area contributed by atoms with E-state index >= 15 is 0 Å². The Balaban J connectivity index is 3.22. The summed E-state index contributed by atoms with van der Waals surface area (Å²) in [6.45, 7) is 0. The monoisotopic (exact) mass is 330 g/mol. The fourth-order valence-electron chi connectivity index (χ4n) is 1.54. The van der Waals surface area contributed by atoms with Crippen molar-refractivity contribution in [3.63, 3.8) is 0 Å². The summed E-state index contributed by atoms with van der Waals surface area (Å²) in [6.07, 6.45) is 11.1. The summed E-state index contributed by atoms with van der Waals surface area (Å²) in [5.74, 6) is -0.286. The Morgan fingerprint density at radius 3 is 2.17 bits per heavy atom. The van der Waals surface area contributed by atoms with Crippen LogP contribution in [-0.2, 0) is 9.53 Å². The Morgan fingerprint density at radius 1 is 1.06 bits per heavy atom. The van der Waals surface area contributed by atoms with Crippen molar-refractivity contribution >= 4 is 45.2 Å². The molecule has 18 heavy (non-hydrogen) atoms. The van der Waals surface area contributed by atoms with E-state index < -0.39 is 6.00 Å². The largest absolute Gasteiger partial charge is 0.466 e. The van der Waals surface area contributed by atoms with E-state index in [1.807, 2.05) is 6.08 Å². The highest BCUT2D eigenvalue weighted by molar-refractivity contribution is 7.64. The molecule has 6 heteroatoms. The van der Waals surface area contributed by atoms with Crippen LogP contribution in [0.5, 0.6) is 0 Å². The molecule has 0 spiro atoms. The first kappa shape index (κ1) is 18.3. The maximum Gasteiger partial charge on any atom is 0.341 e. The highest BCUT2D eigenvalue weighted by Crippen LogP contribution is 2.27. The van der Waals surface area contributed by atoms with Gasteiger partial charge in [0.25, 0.3) is 0 Å². The Kier molecular flexibility index (Phi) is 11.3. The van der Waals surface area contributed by atoms with Gasteiger partial charge in [-0.25, -0.2) is 4.79 Å². The third-order valence-corrected chi connectivity index (χ3v) is 5.16. The minimum atomic E-state index is -2.39. The van der Waals surface area contributed by atoms with Crippen LogP contribution in [0, 0.1) is 0 Å². The van der Waals surface area contributed by atoms with Gasteiger partial charge >= 0.3 is 12.0 Å². The topological polar surface area (TPSA) is 26.3 Å². The molecule has 0 aromatic heterocycles. The van der Waals surface area contributed by atoms with Gasteiger partial charge in [0.2, 0.25) is 0 Å². The van der Waals surface area contributed by atoms with Gasteiger partial charge in [0, 0.05) is 6.08 Å². The summed E-state index contributed by atoms with van der Waals surface area (Å²) in [4.78, 5) is 10.8. The zero-order valence-electron chi connectivity index (χ0n) is 10.8. The zero-order chi connectivity index (χ0) is 13.9. The van der Waals surface area contributed by atoms with E-state index in [-0.39, 0.29) is 5.97 Å². The number of hydrogen-bond acceptors (Lipinski definition) is 2. The summed E-state index contributed by atoms with van der Waals surface area (Å²) in [5.41, 5.74) is 0. The molecule has 0 rings (SSSR count). The quantitative estimate of drug-likeness (QED) is 0.183. The zero-order valence-corrected chi connectivity index (χ0v) is 14.0. The van der Waals surface area contributed by atoms with Gasteiger partial charge in [-0.15, -0.1) is 33.2 Å². The molecule has 0 bridgehead atoms. The fourth-order valence-corrected chi connectivity index (χ4v) is 3.40. The number of unbranched alkanes of at least 4 members (excludes halogenated alkanes) is 6. The molecule has 106 valence electrons. The molecule has 0 saturated carbocycles. The summed E-state index contributed by atoms with van der Waals surface area (Å²) < 4.78 is 4.49. The van der Waals surface area contributed by atoms with Crippen LogP contribution in [0.1, 0.15) is 44.9 Å². The number of carbonyl (C=O) groups excluding carboxylic acids is 1. The van der Waals surface area contributed by atoms with E-state index in [2.05, 4.69) is 4.74 Å². The molecule has 0 unspecified atom stereocenters. The predicted molar refractivity (Wildman–Crippen MR) is 81.6 cm³/mol. The highest BCUT2D eigenvalue weighted by atomic mass is 35.8. The molecular formula is C12H21Cl3O2Si. The van der Waals surface area contributed by atoms with Crippen molar-refractivity contribution in [2.45, 2.75) is 51.0 Å². The van der Waals surface area contributed by atoms with Gasteiger partial charge in [0.1, 0.15) is 0 Å². The molecule has 0 amide bonds. The SMILES string of the molecule is COC(=O)C=CCCCCCCCC[Si](Cl)(Cl)Cl. The van der Waals surface area contributed by atoms with Crippen LogP contribution >= 0.6 is 33.2 Å². The molecular weight excluding hydrogens is 311 g/mol. The summed E-state index contributed by atoms with van der Waals surface area (Å²) in [6, 6.07) is -1.63. The third-order valence-electron chi connectivity index (χ3n) is 2.54. The average molecular weight is 332 g/mol. The smallest absolute Gasteiger partial charge is 0.341 e. The molecule has 0 aliphatic carbocycles. The van der Waals surface area contributed by atoms with Crippen LogP contribution < -0.4 is 0 Å². The van der Waals surface area contributed by atoms with Gasteiger partial charge in [0.15, 0.2) is 0 Å². The summed E-state index contributed by atoms with van der Waals surface area (Å²) in [5, 5.41) is 0. The molecule has 0 atom stereocenters. The van der Waals surface area contributed by atoms with E-state index in [1.54, 1.807) is 0 Å². The van der Waals surface area contributed by atoms with Crippen molar-refractivity contribution in [3.8, 4) is 0 Å². The highest BCUT2D eigenvalue weighted by Gasteiger charge is 2.23.